The van der Waals surface area contributed by atoms with Crippen LogP contribution in [0.25, 0.3) is 0 Å². The van der Waals surface area contributed by atoms with Gasteiger partial charge in [-0.25, -0.2) is 0 Å². The molecule has 0 saturated heterocycles. The maximum absolute atomic E-state index is 12.1. The average molecular weight is 369 g/mol. The second-order valence-corrected chi connectivity index (χ2v) is 7.33. The highest BCUT2D eigenvalue weighted by Gasteiger charge is 2.27. The van der Waals surface area contributed by atoms with E-state index in [9.17, 15) is 9.59 Å². The fraction of sp³-hybridized carbons (Fsp3) is 0.429. The number of carbonyl (C=O) groups excluding carboxylic acids is 2. The highest BCUT2D eigenvalue weighted by molar-refractivity contribution is 6.35. The molecule has 1 atom stereocenters. The largest absolute Gasteiger partial charge is 0.468 e. The van der Waals surface area contributed by atoms with E-state index in [1.807, 2.05) is 32.0 Å². The molecule has 1 aliphatic rings. The van der Waals surface area contributed by atoms with Crippen molar-refractivity contribution in [3.8, 4) is 0 Å². The first-order chi connectivity index (χ1) is 13.0. The van der Waals surface area contributed by atoms with E-state index in [2.05, 4.69) is 33.7 Å². The number of benzene rings is 1. The minimum absolute atomic E-state index is 0.116. The third-order valence-corrected chi connectivity index (χ3v) is 4.81. The molecule has 0 saturated carbocycles. The van der Waals surface area contributed by atoms with Crippen LogP contribution in [0.5, 0.6) is 0 Å². The van der Waals surface area contributed by atoms with Crippen LogP contribution in [0, 0.1) is 5.92 Å². The summed E-state index contributed by atoms with van der Waals surface area (Å²) in [7, 11) is 0. The number of furan rings is 1. The fourth-order valence-electron chi connectivity index (χ4n) is 3.32. The Balaban J connectivity index is 1.65. The van der Waals surface area contributed by atoms with Gasteiger partial charge in [-0.2, -0.15) is 0 Å². The Morgan fingerprint density at radius 2 is 1.74 bits per heavy atom. The monoisotopic (exact) mass is 369 g/mol. The molecule has 0 radical (unpaired) electrons. The summed E-state index contributed by atoms with van der Waals surface area (Å²) in [4.78, 5) is 26.3. The Bertz CT molecular complexity index is 771. The zero-order chi connectivity index (χ0) is 19.2. The second-order valence-electron chi connectivity index (χ2n) is 7.33. The second kappa shape index (κ2) is 8.86. The summed E-state index contributed by atoms with van der Waals surface area (Å²) in [5.41, 5.74) is 2.66. The first-order valence-electron chi connectivity index (χ1n) is 9.45. The average Bonchev–Trinajstić information content (AvgIpc) is 3.20. The molecule has 1 aromatic carbocycles. The number of carbonyl (C=O) groups is 2. The zero-order valence-electron chi connectivity index (χ0n) is 15.9. The molecule has 2 N–H and O–H groups in total. The number of rotatable bonds is 6. The highest BCUT2D eigenvalue weighted by Crippen LogP contribution is 2.27. The van der Waals surface area contributed by atoms with Crippen molar-refractivity contribution in [3.05, 3.63) is 59.5 Å². The standard InChI is InChI=1S/C21H27N3O3/c1-15(2)12-22-20(25)21(26)23-13-18(19-8-5-11-27-19)24-10-9-16-6-3-4-7-17(16)14-24/h3-8,11,15,18H,9-10,12-14H2,1-2H3,(H,22,25)(H,23,26)/t18-/m0/s1. The Labute approximate surface area is 159 Å². The predicted octanol–water partition coefficient (Wildman–Crippen LogP) is 2.27. The molecular weight excluding hydrogens is 342 g/mol. The first kappa shape index (κ1) is 19.2. The molecule has 144 valence electrons. The Morgan fingerprint density at radius 1 is 1.04 bits per heavy atom. The van der Waals surface area contributed by atoms with Crippen LogP contribution in [0.3, 0.4) is 0 Å². The minimum atomic E-state index is -0.607. The number of nitrogens with one attached hydrogen (secondary N) is 2. The van der Waals surface area contributed by atoms with E-state index in [1.165, 1.54) is 11.1 Å². The lowest BCUT2D eigenvalue weighted by atomic mass is 9.98. The first-order valence-corrected chi connectivity index (χ1v) is 9.45. The third kappa shape index (κ3) is 4.98. The quantitative estimate of drug-likeness (QED) is 0.766. The van der Waals surface area contributed by atoms with Crippen LogP contribution in [0.2, 0.25) is 0 Å². The van der Waals surface area contributed by atoms with Crippen LogP contribution in [-0.2, 0) is 22.6 Å². The van der Waals surface area contributed by atoms with Crippen molar-refractivity contribution in [1.82, 2.24) is 15.5 Å². The molecule has 2 amide bonds. The minimum Gasteiger partial charge on any atom is -0.468 e. The van der Waals surface area contributed by atoms with E-state index in [-0.39, 0.29) is 6.04 Å². The third-order valence-electron chi connectivity index (χ3n) is 4.81. The van der Waals surface area contributed by atoms with Gasteiger partial charge in [0.05, 0.1) is 12.3 Å². The molecule has 27 heavy (non-hydrogen) atoms. The summed E-state index contributed by atoms with van der Waals surface area (Å²) in [5.74, 6) is -0.112. The van der Waals surface area contributed by atoms with Crippen molar-refractivity contribution in [2.24, 2.45) is 5.92 Å². The maximum Gasteiger partial charge on any atom is 0.309 e. The molecule has 2 aromatic rings. The van der Waals surface area contributed by atoms with Crippen LogP contribution < -0.4 is 10.6 Å². The number of hydrogen-bond acceptors (Lipinski definition) is 4. The summed E-state index contributed by atoms with van der Waals surface area (Å²) in [5, 5.41) is 5.41. The molecule has 0 unspecified atom stereocenters. The molecule has 3 rings (SSSR count). The van der Waals surface area contributed by atoms with Gasteiger partial charge in [-0.05, 0) is 35.6 Å². The molecule has 0 bridgehead atoms. The van der Waals surface area contributed by atoms with Gasteiger partial charge in [0.1, 0.15) is 5.76 Å². The van der Waals surface area contributed by atoms with Crippen LogP contribution in [0.1, 0.15) is 36.8 Å². The molecule has 6 heteroatoms. The molecule has 0 spiro atoms. The molecule has 1 aliphatic heterocycles. The van der Waals surface area contributed by atoms with Crippen LogP contribution >= 0.6 is 0 Å². The smallest absolute Gasteiger partial charge is 0.309 e. The van der Waals surface area contributed by atoms with Crippen molar-refractivity contribution >= 4 is 11.8 Å². The van der Waals surface area contributed by atoms with Gasteiger partial charge in [-0.15, -0.1) is 0 Å². The molecule has 0 aliphatic carbocycles. The van der Waals surface area contributed by atoms with Gasteiger partial charge < -0.3 is 15.1 Å². The number of hydrogen-bond donors (Lipinski definition) is 2. The fourth-order valence-corrected chi connectivity index (χ4v) is 3.32. The normalized spacial score (nSPS) is 15.2. The number of nitrogens with zero attached hydrogens (tertiary/aromatic N) is 1. The predicted molar refractivity (Wildman–Crippen MR) is 103 cm³/mol. The van der Waals surface area contributed by atoms with Gasteiger partial charge in [0.2, 0.25) is 0 Å². The van der Waals surface area contributed by atoms with E-state index in [4.69, 9.17) is 4.42 Å². The number of amides is 2. The van der Waals surface area contributed by atoms with E-state index < -0.39 is 11.8 Å². The molecule has 1 aromatic heterocycles. The van der Waals surface area contributed by atoms with E-state index >= 15 is 0 Å². The van der Waals surface area contributed by atoms with Gasteiger partial charge in [-0.1, -0.05) is 38.1 Å². The van der Waals surface area contributed by atoms with Gasteiger partial charge in [0.25, 0.3) is 0 Å². The van der Waals surface area contributed by atoms with Crippen molar-refractivity contribution in [2.75, 3.05) is 19.6 Å². The Hall–Kier alpha value is -2.60. The van der Waals surface area contributed by atoms with Crippen molar-refractivity contribution < 1.29 is 14.0 Å². The lowest BCUT2D eigenvalue weighted by Gasteiger charge is -2.34. The van der Waals surface area contributed by atoms with E-state index in [0.29, 0.717) is 19.0 Å². The highest BCUT2D eigenvalue weighted by atomic mass is 16.3. The summed E-state index contributed by atoms with van der Waals surface area (Å²) in [6.45, 7) is 6.44. The van der Waals surface area contributed by atoms with Crippen LogP contribution in [-0.4, -0.2) is 36.3 Å². The zero-order valence-corrected chi connectivity index (χ0v) is 15.9. The number of fused-ring (bicyclic) bond motifs is 1. The van der Waals surface area contributed by atoms with Crippen molar-refractivity contribution in [1.29, 1.82) is 0 Å². The lowest BCUT2D eigenvalue weighted by Crippen LogP contribution is -2.45. The Morgan fingerprint density at radius 3 is 2.41 bits per heavy atom. The van der Waals surface area contributed by atoms with E-state index in [1.54, 1.807) is 6.26 Å². The molecule has 0 fully saturated rings. The van der Waals surface area contributed by atoms with Crippen molar-refractivity contribution in [3.63, 3.8) is 0 Å². The summed E-state index contributed by atoms with van der Waals surface area (Å²) >= 11 is 0. The van der Waals surface area contributed by atoms with Gasteiger partial charge in [0.15, 0.2) is 0 Å². The lowest BCUT2D eigenvalue weighted by molar-refractivity contribution is -0.139. The van der Waals surface area contributed by atoms with Crippen LogP contribution in [0.15, 0.2) is 47.1 Å². The maximum atomic E-state index is 12.1. The molecule has 2 heterocycles. The van der Waals surface area contributed by atoms with E-state index in [0.717, 1.165) is 25.3 Å². The SMILES string of the molecule is CC(C)CNC(=O)C(=O)NC[C@@H](c1ccco1)N1CCc2ccccc2C1. The summed E-state index contributed by atoms with van der Waals surface area (Å²) < 4.78 is 5.62. The summed E-state index contributed by atoms with van der Waals surface area (Å²) in [6, 6.07) is 12.1. The van der Waals surface area contributed by atoms with Crippen LogP contribution in [0.4, 0.5) is 0 Å². The molecular formula is C21H27N3O3. The molecule has 6 nitrogen and oxygen atoms in total. The topological polar surface area (TPSA) is 74.6 Å². The van der Waals surface area contributed by atoms with Crippen molar-refractivity contribution in [2.45, 2.75) is 32.9 Å². The summed E-state index contributed by atoms with van der Waals surface area (Å²) in [6.07, 6.45) is 2.59. The Kier molecular flexibility index (Phi) is 6.29. The van der Waals surface area contributed by atoms with Gasteiger partial charge in [-0.3, -0.25) is 14.5 Å². The van der Waals surface area contributed by atoms with Gasteiger partial charge >= 0.3 is 11.8 Å². The van der Waals surface area contributed by atoms with Gasteiger partial charge in [0, 0.05) is 26.2 Å².